The Labute approximate surface area is 237 Å². The van der Waals surface area contributed by atoms with Crippen LogP contribution in [0.3, 0.4) is 0 Å². The smallest absolute Gasteiger partial charge is 0.124 e. The number of nitrogens with one attached hydrogen (secondary N) is 4. The van der Waals surface area contributed by atoms with Crippen molar-refractivity contribution in [2.45, 2.75) is 45.4 Å². The molecule has 0 radical (unpaired) electrons. The minimum absolute atomic E-state index is 0.0375. The van der Waals surface area contributed by atoms with Gasteiger partial charge < -0.3 is 16.1 Å². The summed E-state index contributed by atoms with van der Waals surface area (Å²) in [5, 5.41) is 31.5. The molecule has 3 atom stereocenters. The Bertz CT molecular complexity index is 1760. The van der Waals surface area contributed by atoms with Gasteiger partial charge in [-0.1, -0.05) is 39.0 Å². The second kappa shape index (κ2) is 10.2. The maximum absolute atomic E-state index is 13.9. The third-order valence-corrected chi connectivity index (χ3v) is 7.30. The average Bonchev–Trinajstić information content (AvgIpc) is 3.50. The van der Waals surface area contributed by atoms with Crippen LogP contribution in [0.15, 0.2) is 66.9 Å². The van der Waals surface area contributed by atoms with Gasteiger partial charge in [-0.3, -0.25) is 15.0 Å². The molecule has 4 N–H and O–H groups in total. The van der Waals surface area contributed by atoms with E-state index in [9.17, 15) is 14.9 Å². The van der Waals surface area contributed by atoms with Gasteiger partial charge in [-0.05, 0) is 34.6 Å². The molecule has 41 heavy (non-hydrogen) atoms. The maximum atomic E-state index is 13.9. The fourth-order valence-electron chi connectivity index (χ4n) is 5.10. The first kappa shape index (κ1) is 26.3. The van der Waals surface area contributed by atoms with E-state index in [1.54, 1.807) is 17.3 Å². The SMILES string of the molecule is CC(C)(C)CNc1c(C#N)cnc2c(C#N)cc(N[C@H](C3=CN(C4C[C@@H]4F)NN3)c3cccc4cnccc34)cc12. The highest BCUT2D eigenvalue weighted by atomic mass is 19.1. The number of fused-ring (bicyclic) bond motifs is 2. The molecule has 3 heterocycles. The molecule has 0 bridgehead atoms. The minimum atomic E-state index is -0.866. The average molecular weight is 548 g/mol. The van der Waals surface area contributed by atoms with Gasteiger partial charge in [-0.25, -0.2) is 4.39 Å². The number of nitriles is 2. The highest BCUT2D eigenvalue weighted by Crippen LogP contribution is 2.38. The van der Waals surface area contributed by atoms with E-state index < -0.39 is 12.2 Å². The number of rotatable bonds is 7. The molecule has 10 heteroatoms. The zero-order valence-corrected chi connectivity index (χ0v) is 23.0. The maximum Gasteiger partial charge on any atom is 0.124 e. The summed E-state index contributed by atoms with van der Waals surface area (Å²) in [5.41, 5.74) is 10.7. The molecule has 4 aromatic rings. The van der Waals surface area contributed by atoms with E-state index in [2.05, 4.69) is 64.5 Å². The number of hydrogen-bond donors (Lipinski definition) is 4. The Hall–Kier alpha value is -4.93. The lowest BCUT2D eigenvalue weighted by atomic mass is 9.96. The van der Waals surface area contributed by atoms with Crippen LogP contribution < -0.4 is 21.6 Å². The molecule has 206 valence electrons. The van der Waals surface area contributed by atoms with E-state index in [0.29, 0.717) is 46.4 Å². The van der Waals surface area contributed by atoms with Gasteiger partial charge in [-0.2, -0.15) is 10.5 Å². The number of benzene rings is 2. The summed E-state index contributed by atoms with van der Waals surface area (Å²) in [7, 11) is 0. The summed E-state index contributed by atoms with van der Waals surface area (Å²) in [6.07, 6.45) is 6.59. The van der Waals surface area contributed by atoms with E-state index in [4.69, 9.17) is 0 Å². The summed E-state index contributed by atoms with van der Waals surface area (Å²) in [5.74, 6) is 0. The van der Waals surface area contributed by atoms with E-state index in [-0.39, 0.29) is 11.5 Å². The topological polar surface area (TPSA) is 125 Å². The second-order valence-electron chi connectivity index (χ2n) is 11.7. The van der Waals surface area contributed by atoms with Crippen LogP contribution in [0.4, 0.5) is 15.8 Å². The molecule has 1 saturated carbocycles. The first-order chi connectivity index (χ1) is 19.8. The van der Waals surface area contributed by atoms with Crippen molar-refractivity contribution >= 4 is 33.1 Å². The van der Waals surface area contributed by atoms with Crippen LogP contribution in [0, 0.1) is 28.1 Å². The van der Waals surface area contributed by atoms with Gasteiger partial charge in [0.15, 0.2) is 0 Å². The van der Waals surface area contributed by atoms with Gasteiger partial charge in [0.05, 0.1) is 40.1 Å². The Morgan fingerprint density at radius 1 is 1.12 bits per heavy atom. The van der Waals surface area contributed by atoms with Crippen molar-refractivity contribution in [3.63, 3.8) is 0 Å². The number of hydrogen-bond acceptors (Lipinski definition) is 9. The molecule has 1 aliphatic heterocycles. The molecule has 0 spiro atoms. The normalized spacial score (nSPS) is 18.8. The highest BCUT2D eigenvalue weighted by Gasteiger charge is 2.43. The van der Waals surface area contributed by atoms with E-state index in [0.717, 1.165) is 22.0 Å². The first-order valence-electron chi connectivity index (χ1n) is 13.5. The lowest BCUT2D eigenvalue weighted by Crippen LogP contribution is -2.39. The molecule has 0 amide bonds. The van der Waals surface area contributed by atoms with Gasteiger partial charge in [0.2, 0.25) is 0 Å². The molecule has 1 unspecified atom stereocenters. The number of aromatic nitrogens is 2. The molecule has 2 aromatic heterocycles. The van der Waals surface area contributed by atoms with Crippen molar-refractivity contribution in [2.24, 2.45) is 5.41 Å². The van der Waals surface area contributed by atoms with Crippen molar-refractivity contribution in [1.29, 1.82) is 10.5 Å². The Morgan fingerprint density at radius 2 is 1.93 bits per heavy atom. The van der Waals surface area contributed by atoms with E-state index >= 15 is 0 Å². The van der Waals surface area contributed by atoms with Gasteiger partial charge in [0, 0.05) is 54.2 Å². The second-order valence-corrected chi connectivity index (χ2v) is 11.7. The Kier molecular flexibility index (Phi) is 6.56. The minimum Gasteiger partial charge on any atom is -0.383 e. The standard InChI is InChI=1S/C31H30FN9/c1-31(2,3)17-37-29-20(13-34)15-36-28-19(12-33)9-21(10-24(28)29)38-30(26-16-41(40-39-26)27-11-25(27)32)23-6-4-5-18-14-35-8-7-22(18)23/h4-10,14-16,25,27,30,38-40H,11,17H2,1-3H3,(H,36,37)/t25-,27?,30-/m0/s1. The summed E-state index contributed by atoms with van der Waals surface area (Å²) in [4.78, 5) is 8.75. The van der Waals surface area contributed by atoms with Crippen molar-refractivity contribution < 1.29 is 4.39 Å². The largest absolute Gasteiger partial charge is 0.383 e. The van der Waals surface area contributed by atoms with Crippen molar-refractivity contribution in [3.05, 3.63) is 83.6 Å². The lowest BCUT2D eigenvalue weighted by Gasteiger charge is -2.24. The molecule has 0 saturated heterocycles. The number of hydrazine groups is 2. The number of alkyl halides is 1. The van der Waals surface area contributed by atoms with Crippen LogP contribution in [0.25, 0.3) is 21.7 Å². The molecule has 6 rings (SSSR count). The fraction of sp³-hybridized carbons (Fsp3) is 0.290. The van der Waals surface area contributed by atoms with Gasteiger partial charge >= 0.3 is 0 Å². The van der Waals surface area contributed by atoms with Crippen LogP contribution >= 0.6 is 0 Å². The molecule has 2 aliphatic rings. The Balaban J connectivity index is 1.48. The van der Waals surface area contributed by atoms with Crippen LogP contribution in [0.1, 0.15) is 49.9 Å². The summed E-state index contributed by atoms with van der Waals surface area (Å²) in [6.45, 7) is 6.96. The van der Waals surface area contributed by atoms with Crippen molar-refractivity contribution in [1.82, 2.24) is 25.9 Å². The lowest BCUT2D eigenvalue weighted by molar-refractivity contribution is 0.236. The van der Waals surface area contributed by atoms with Crippen LogP contribution in [-0.4, -0.2) is 33.7 Å². The van der Waals surface area contributed by atoms with Crippen LogP contribution in [0.2, 0.25) is 0 Å². The van der Waals surface area contributed by atoms with Crippen LogP contribution in [0.5, 0.6) is 0 Å². The van der Waals surface area contributed by atoms with Crippen molar-refractivity contribution in [2.75, 3.05) is 17.2 Å². The highest BCUT2D eigenvalue weighted by molar-refractivity contribution is 5.99. The third-order valence-electron chi connectivity index (χ3n) is 7.30. The predicted molar refractivity (Wildman–Crippen MR) is 157 cm³/mol. The van der Waals surface area contributed by atoms with Gasteiger partial charge in [-0.15, -0.1) is 5.53 Å². The third kappa shape index (κ3) is 5.18. The molecule has 1 fully saturated rings. The van der Waals surface area contributed by atoms with Crippen molar-refractivity contribution in [3.8, 4) is 12.1 Å². The van der Waals surface area contributed by atoms with Gasteiger partial charge in [0.1, 0.15) is 18.3 Å². The summed E-state index contributed by atoms with van der Waals surface area (Å²) < 4.78 is 13.9. The first-order valence-corrected chi connectivity index (χ1v) is 13.5. The predicted octanol–water partition coefficient (Wildman–Crippen LogP) is 5.41. The summed E-state index contributed by atoms with van der Waals surface area (Å²) in [6, 6.07) is 15.6. The Morgan fingerprint density at radius 3 is 2.66 bits per heavy atom. The number of nitrogens with zero attached hydrogens (tertiary/aromatic N) is 5. The monoisotopic (exact) mass is 547 g/mol. The number of halogens is 1. The molecule has 1 aliphatic carbocycles. The number of anilines is 2. The molecule has 2 aromatic carbocycles. The van der Waals surface area contributed by atoms with E-state index in [1.807, 2.05) is 42.7 Å². The fourth-order valence-corrected chi connectivity index (χ4v) is 5.10. The van der Waals surface area contributed by atoms with Crippen LogP contribution in [-0.2, 0) is 0 Å². The zero-order chi connectivity index (χ0) is 28.7. The molecular weight excluding hydrogens is 517 g/mol. The molecular formula is C31H30FN9. The van der Waals surface area contributed by atoms with Gasteiger partial charge in [0.25, 0.3) is 0 Å². The van der Waals surface area contributed by atoms with E-state index in [1.165, 1.54) is 6.20 Å². The molecule has 9 nitrogen and oxygen atoms in total. The number of pyridine rings is 2. The quantitative estimate of drug-likeness (QED) is 0.240. The summed E-state index contributed by atoms with van der Waals surface area (Å²) >= 11 is 0. The zero-order valence-electron chi connectivity index (χ0n) is 23.0.